The minimum absolute atomic E-state index is 0.0388. The largest absolute Gasteiger partial charge is 0.417 e. The van der Waals surface area contributed by atoms with Gasteiger partial charge in [0.2, 0.25) is 17.8 Å². The van der Waals surface area contributed by atoms with Gasteiger partial charge in [-0.2, -0.15) is 33.4 Å². The fourth-order valence-electron chi connectivity index (χ4n) is 4.50. The Bertz CT molecular complexity index is 1770. The Labute approximate surface area is 237 Å². The number of ether oxygens (including phenoxy) is 1. The average molecular weight is 571 g/mol. The van der Waals surface area contributed by atoms with Gasteiger partial charge in [0.1, 0.15) is 12.1 Å². The standard InChI is InChI=1S/C28H21F3N10O/c29-28(30,31)21-15-19(9-8-18(21)16-32)36-25-37-26(41-13-11-40(12-14-41)23-7-3-4-10-33-23)39-27(38-25)42-24-20-5-1-2-6-22(20)34-17-35-24/h1-10,15,17H,11-14H2,(H,36,37,38,39). The molecule has 14 heteroatoms. The lowest BCUT2D eigenvalue weighted by atomic mass is 10.1. The van der Waals surface area contributed by atoms with Crippen molar-refractivity contribution in [3.05, 3.63) is 84.3 Å². The van der Waals surface area contributed by atoms with Crippen LogP contribution in [0.2, 0.25) is 0 Å². The molecule has 0 saturated carbocycles. The molecule has 0 amide bonds. The third-order valence-electron chi connectivity index (χ3n) is 6.53. The van der Waals surface area contributed by atoms with Crippen molar-refractivity contribution in [1.82, 2.24) is 29.9 Å². The molecule has 4 heterocycles. The molecule has 42 heavy (non-hydrogen) atoms. The first kappa shape index (κ1) is 26.6. The van der Waals surface area contributed by atoms with Gasteiger partial charge in [-0.3, -0.25) is 0 Å². The summed E-state index contributed by atoms with van der Waals surface area (Å²) < 4.78 is 46.7. The summed E-state index contributed by atoms with van der Waals surface area (Å²) in [5, 5.41) is 12.6. The monoisotopic (exact) mass is 570 g/mol. The number of fused-ring (bicyclic) bond motifs is 1. The van der Waals surface area contributed by atoms with E-state index in [0.717, 1.165) is 18.0 Å². The van der Waals surface area contributed by atoms with E-state index in [1.165, 1.54) is 12.4 Å². The molecule has 2 aromatic carbocycles. The van der Waals surface area contributed by atoms with Crippen LogP contribution in [0.15, 0.2) is 73.2 Å². The number of hydrogen-bond acceptors (Lipinski definition) is 11. The number of hydrogen-bond donors (Lipinski definition) is 1. The molecular formula is C28H21F3N10O. The first-order chi connectivity index (χ1) is 20.4. The van der Waals surface area contributed by atoms with Crippen LogP contribution < -0.4 is 19.9 Å². The van der Waals surface area contributed by atoms with Gasteiger partial charge in [0, 0.05) is 38.1 Å². The number of nitrogens with zero attached hydrogens (tertiary/aromatic N) is 9. The zero-order chi connectivity index (χ0) is 29.1. The predicted molar refractivity (Wildman–Crippen MR) is 148 cm³/mol. The van der Waals surface area contributed by atoms with E-state index in [-0.39, 0.29) is 29.5 Å². The zero-order valence-electron chi connectivity index (χ0n) is 21.8. The minimum Gasteiger partial charge on any atom is -0.404 e. The summed E-state index contributed by atoms with van der Waals surface area (Å²) in [7, 11) is 0. The molecule has 0 aliphatic carbocycles. The Balaban J connectivity index is 1.33. The molecule has 1 fully saturated rings. The molecule has 1 aliphatic rings. The average Bonchev–Trinajstić information content (AvgIpc) is 3.01. The molecule has 3 aromatic heterocycles. The van der Waals surface area contributed by atoms with Crippen molar-refractivity contribution < 1.29 is 17.9 Å². The quantitative estimate of drug-likeness (QED) is 0.297. The highest BCUT2D eigenvalue weighted by molar-refractivity contribution is 5.83. The molecule has 0 atom stereocenters. The Hall–Kier alpha value is -5.58. The predicted octanol–water partition coefficient (Wildman–Crippen LogP) is 4.96. The molecule has 1 aliphatic heterocycles. The van der Waals surface area contributed by atoms with E-state index >= 15 is 0 Å². The summed E-state index contributed by atoms with van der Waals surface area (Å²) in [5.74, 6) is 1.29. The lowest BCUT2D eigenvalue weighted by molar-refractivity contribution is -0.137. The molecule has 6 rings (SSSR count). The number of anilines is 4. The number of pyridine rings is 1. The van der Waals surface area contributed by atoms with Gasteiger partial charge < -0.3 is 19.9 Å². The summed E-state index contributed by atoms with van der Waals surface area (Å²) in [6.45, 7) is 2.38. The fraction of sp³-hybridized carbons (Fsp3) is 0.179. The topological polar surface area (TPSA) is 129 Å². The third-order valence-corrected chi connectivity index (χ3v) is 6.53. The van der Waals surface area contributed by atoms with Crippen LogP contribution in [0.5, 0.6) is 11.9 Å². The second-order valence-corrected chi connectivity index (χ2v) is 9.20. The van der Waals surface area contributed by atoms with Crippen LogP contribution in [-0.2, 0) is 6.18 Å². The number of piperazine rings is 1. The van der Waals surface area contributed by atoms with Crippen molar-refractivity contribution in [2.45, 2.75) is 6.18 Å². The van der Waals surface area contributed by atoms with Crippen molar-refractivity contribution in [1.29, 1.82) is 5.26 Å². The summed E-state index contributed by atoms with van der Waals surface area (Å²) in [4.78, 5) is 30.2. The number of nitriles is 1. The van der Waals surface area contributed by atoms with E-state index in [1.807, 2.05) is 35.2 Å². The second-order valence-electron chi connectivity index (χ2n) is 9.20. The summed E-state index contributed by atoms with van der Waals surface area (Å²) in [5.41, 5.74) is -0.872. The van der Waals surface area contributed by atoms with Crippen LogP contribution in [0.25, 0.3) is 10.9 Å². The number of nitrogens with one attached hydrogen (secondary N) is 1. The molecule has 0 unspecified atom stereocenters. The molecule has 0 spiro atoms. The lowest BCUT2D eigenvalue weighted by Crippen LogP contribution is -2.47. The molecule has 0 radical (unpaired) electrons. The van der Waals surface area contributed by atoms with Crippen molar-refractivity contribution >= 4 is 34.3 Å². The second kappa shape index (κ2) is 11.1. The van der Waals surface area contributed by atoms with E-state index in [1.54, 1.807) is 24.4 Å². The molecule has 0 bridgehead atoms. The minimum atomic E-state index is -4.72. The first-order valence-corrected chi connectivity index (χ1v) is 12.8. The number of halogens is 3. The molecular weight excluding hydrogens is 549 g/mol. The van der Waals surface area contributed by atoms with E-state index < -0.39 is 17.3 Å². The maximum Gasteiger partial charge on any atom is 0.417 e. The van der Waals surface area contributed by atoms with E-state index in [9.17, 15) is 13.2 Å². The Kier molecular flexibility index (Phi) is 7.05. The van der Waals surface area contributed by atoms with E-state index in [4.69, 9.17) is 10.00 Å². The van der Waals surface area contributed by atoms with Crippen LogP contribution >= 0.6 is 0 Å². The lowest BCUT2D eigenvalue weighted by Gasteiger charge is -2.35. The van der Waals surface area contributed by atoms with Crippen LogP contribution in [0, 0.1) is 11.3 Å². The highest BCUT2D eigenvalue weighted by Gasteiger charge is 2.34. The van der Waals surface area contributed by atoms with Crippen LogP contribution in [0.4, 0.5) is 36.6 Å². The molecule has 1 N–H and O–H groups in total. The van der Waals surface area contributed by atoms with E-state index in [2.05, 4.69) is 40.1 Å². The highest BCUT2D eigenvalue weighted by Crippen LogP contribution is 2.34. The van der Waals surface area contributed by atoms with Crippen molar-refractivity contribution in [3.8, 4) is 18.0 Å². The van der Waals surface area contributed by atoms with Crippen LogP contribution in [0.1, 0.15) is 11.1 Å². The number of benzene rings is 2. The van der Waals surface area contributed by atoms with Gasteiger partial charge in [0.25, 0.3) is 0 Å². The third kappa shape index (κ3) is 5.66. The van der Waals surface area contributed by atoms with Gasteiger partial charge in [-0.05, 0) is 42.5 Å². The zero-order valence-corrected chi connectivity index (χ0v) is 21.8. The van der Waals surface area contributed by atoms with Gasteiger partial charge in [-0.25, -0.2) is 15.0 Å². The number of rotatable bonds is 6. The first-order valence-electron chi connectivity index (χ1n) is 12.8. The van der Waals surface area contributed by atoms with Gasteiger partial charge in [-0.1, -0.05) is 18.2 Å². The van der Waals surface area contributed by atoms with Gasteiger partial charge in [0.05, 0.1) is 28.1 Å². The molecule has 11 nitrogen and oxygen atoms in total. The summed E-state index contributed by atoms with van der Waals surface area (Å²) in [6, 6.07) is 17.7. The van der Waals surface area contributed by atoms with E-state index in [0.29, 0.717) is 37.1 Å². The van der Waals surface area contributed by atoms with Gasteiger partial charge in [0.15, 0.2) is 0 Å². The van der Waals surface area contributed by atoms with Crippen molar-refractivity contribution in [2.75, 3.05) is 41.3 Å². The maximum atomic E-state index is 13.6. The Morgan fingerprint density at radius 1 is 0.857 bits per heavy atom. The number of para-hydroxylation sites is 1. The van der Waals surface area contributed by atoms with Gasteiger partial charge >= 0.3 is 12.2 Å². The highest BCUT2D eigenvalue weighted by atomic mass is 19.4. The number of alkyl halides is 3. The van der Waals surface area contributed by atoms with Crippen LogP contribution in [0.3, 0.4) is 0 Å². The SMILES string of the molecule is N#Cc1ccc(Nc2nc(Oc3ncnc4ccccc34)nc(N3CCN(c4ccccn4)CC3)n2)cc1C(F)(F)F. The fourth-order valence-corrected chi connectivity index (χ4v) is 4.50. The van der Waals surface area contributed by atoms with Gasteiger partial charge in [-0.15, -0.1) is 0 Å². The summed E-state index contributed by atoms with van der Waals surface area (Å²) in [6.07, 6.45) is -1.63. The summed E-state index contributed by atoms with van der Waals surface area (Å²) >= 11 is 0. The maximum absolute atomic E-state index is 13.6. The number of aromatic nitrogens is 6. The smallest absolute Gasteiger partial charge is 0.404 e. The molecule has 210 valence electrons. The van der Waals surface area contributed by atoms with Crippen molar-refractivity contribution in [2.24, 2.45) is 0 Å². The Morgan fingerprint density at radius 3 is 2.40 bits per heavy atom. The van der Waals surface area contributed by atoms with Crippen molar-refractivity contribution in [3.63, 3.8) is 0 Å². The molecule has 5 aromatic rings. The molecule has 1 saturated heterocycles. The normalized spacial score (nSPS) is 13.6. The Morgan fingerprint density at radius 2 is 1.64 bits per heavy atom. The van der Waals surface area contributed by atoms with Crippen LogP contribution in [-0.4, -0.2) is 56.1 Å².